The fourth-order valence-corrected chi connectivity index (χ4v) is 1.54. The summed E-state index contributed by atoms with van der Waals surface area (Å²) in [5.74, 6) is -3.53. The molecule has 92 valence electrons. The van der Waals surface area contributed by atoms with Crippen LogP contribution in [0.15, 0.2) is 36.4 Å². The van der Waals surface area contributed by atoms with Gasteiger partial charge in [0.25, 0.3) is 0 Å². The molecule has 0 aromatic heterocycles. The number of anilines is 1. The van der Waals surface area contributed by atoms with Crippen molar-refractivity contribution >= 4 is 11.5 Å². The van der Waals surface area contributed by atoms with E-state index in [0.29, 0.717) is 6.07 Å². The zero-order valence-electron chi connectivity index (χ0n) is 9.08. The van der Waals surface area contributed by atoms with E-state index in [2.05, 4.69) is 0 Å². The largest absolute Gasteiger partial charge is 0.399 e. The van der Waals surface area contributed by atoms with Crippen molar-refractivity contribution in [2.24, 2.45) is 0 Å². The van der Waals surface area contributed by atoms with Gasteiger partial charge < -0.3 is 5.73 Å². The van der Waals surface area contributed by atoms with Crippen LogP contribution in [0.25, 0.3) is 0 Å². The summed E-state index contributed by atoms with van der Waals surface area (Å²) in [4.78, 5) is 11.9. The second kappa shape index (κ2) is 4.52. The number of ketones is 1. The third kappa shape index (κ3) is 2.20. The van der Waals surface area contributed by atoms with Gasteiger partial charge >= 0.3 is 0 Å². The van der Waals surface area contributed by atoms with E-state index in [-0.39, 0.29) is 11.3 Å². The van der Waals surface area contributed by atoms with E-state index in [1.54, 1.807) is 0 Å². The number of benzene rings is 2. The maximum absolute atomic E-state index is 13.4. The van der Waals surface area contributed by atoms with Crippen LogP contribution in [0.2, 0.25) is 0 Å². The van der Waals surface area contributed by atoms with Gasteiger partial charge in [-0.05, 0) is 30.3 Å². The van der Waals surface area contributed by atoms with Gasteiger partial charge in [0.2, 0.25) is 0 Å². The summed E-state index contributed by atoms with van der Waals surface area (Å²) < 4.78 is 39.6. The average molecular weight is 251 g/mol. The van der Waals surface area contributed by atoms with Crippen molar-refractivity contribution in [3.63, 3.8) is 0 Å². The lowest BCUT2D eigenvalue weighted by Gasteiger charge is -2.05. The number of halogens is 3. The average Bonchev–Trinajstić information content (AvgIpc) is 2.31. The summed E-state index contributed by atoms with van der Waals surface area (Å²) >= 11 is 0. The molecule has 2 aromatic carbocycles. The van der Waals surface area contributed by atoms with E-state index in [0.717, 1.165) is 24.3 Å². The van der Waals surface area contributed by atoms with E-state index in [1.165, 1.54) is 6.07 Å². The monoisotopic (exact) mass is 251 g/mol. The Labute approximate surface area is 101 Å². The van der Waals surface area contributed by atoms with Crippen LogP contribution in [-0.2, 0) is 0 Å². The zero-order valence-corrected chi connectivity index (χ0v) is 9.08. The zero-order chi connectivity index (χ0) is 13.3. The van der Waals surface area contributed by atoms with Crippen LogP contribution >= 0.6 is 0 Å². The van der Waals surface area contributed by atoms with Crippen LogP contribution in [0.1, 0.15) is 15.9 Å². The first-order valence-electron chi connectivity index (χ1n) is 5.04. The second-order valence-corrected chi connectivity index (χ2v) is 3.69. The van der Waals surface area contributed by atoms with Gasteiger partial charge in [-0.3, -0.25) is 4.79 Å². The molecule has 0 bridgehead atoms. The van der Waals surface area contributed by atoms with Gasteiger partial charge in [-0.1, -0.05) is 0 Å². The second-order valence-electron chi connectivity index (χ2n) is 3.69. The van der Waals surface area contributed by atoms with Gasteiger partial charge in [0.05, 0.1) is 11.1 Å². The minimum atomic E-state index is -1.04. The van der Waals surface area contributed by atoms with Crippen LogP contribution < -0.4 is 5.73 Å². The number of rotatable bonds is 2. The van der Waals surface area contributed by atoms with Crippen LogP contribution in [0, 0.1) is 17.5 Å². The highest BCUT2D eigenvalue weighted by molar-refractivity contribution is 6.09. The first-order chi connectivity index (χ1) is 8.49. The molecule has 0 aliphatic rings. The van der Waals surface area contributed by atoms with Crippen LogP contribution in [0.5, 0.6) is 0 Å². The van der Waals surface area contributed by atoms with Crippen molar-refractivity contribution in [2.75, 3.05) is 5.73 Å². The SMILES string of the molecule is Nc1ccc(F)c(C(=O)c2ccc(F)cc2F)c1. The van der Waals surface area contributed by atoms with Crippen LogP contribution in [-0.4, -0.2) is 5.78 Å². The predicted molar refractivity (Wildman–Crippen MR) is 60.6 cm³/mol. The molecule has 2 N–H and O–H groups in total. The van der Waals surface area contributed by atoms with Crippen molar-refractivity contribution in [2.45, 2.75) is 0 Å². The molecule has 5 heteroatoms. The maximum atomic E-state index is 13.4. The highest BCUT2D eigenvalue weighted by atomic mass is 19.1. The molecule has 0 saturated heterocycles. The van der Waals surface area contributed by atoms with Gasteiger partial charge in [-0.2, -0.15) is 0 Å². The molecule has 0 aliphatic carbocycles. The smallest absolute Gasteiger partial charge is 0.198 e. The predicted octanol–water partition coefficient (Wildman–Crippen LogP) is 2.92. The molecule has 0 radical (unpaired) electrons. The maximum Gasteiger partial charge on any atom is 0.198 e. The highest BCUT2D eigenvalue weighted by Crippen LogP contribution is 2.19. The van der Waals surface area contributed by atoms with Crippen molar-refractivity contribution < 1.29 is 18.0 Å². The van der Waals surface area contributed by atoms with E-state index in [1.807, 2.05) is 0 Å². The summed E-state index contributed by atoms with van der Waals surface area (Å²) in [5.41, 5.74) is 4.87. The van der Waals surface area contributed by atoms with Gasteiger partial charge in [-0.25, -0.2) is 13.2 Å². The summed E-state index contributed by atoms with van der Waals surface area (Å²) in [5, 5.41) is 0. The van der Waals surface area contributed by atoms with E-state index in [4.69, 9.17) is 5.73 Å². The summed E-state index contributed by atoms with van der Waals surface area (Å²) in [6.45, 7) is 0. The molecule has 0 aliphatic heterocycles. The number of hydrogen-bond donors (Lipinski definition) is 1. The highest BCUT2D eigenvalue weighted by Gasteiger charge is 2.18. The third-order valence-electron chi connectivity index (χ3n) is 2.41. The first-order valence-corrected chi connectivity index (χ1v) is 5.04. The number of nitrogen functional groups attached to an aromatic ring is 1. The topological polar surface area (TPSA) is 43.1 Å². The lowest BCUT2D eigenvalue weighted by Crippen LogP contribution is -2.07. The molecule has 0 saturated carbocycles. The fourth-order valence-electron chi connectivity index (χ4n) is 1.54. The van der Waals surface area contributed by atoms with Gasteiger partial charge in [0.1, 0.15) is 17.5 Å². The molecule has 2 rings (SSSR count). The molecule has 0 amide bonds. The van der Waals surface area contributed by atoms with Gasteiger partial charge in [0, 0.05) is 11.8 Å². The molecular weight excluding hydrogens is 243 g/mol. The number of carbonyl (C=O) groups excluding carboxylic acids is 1. The number of nitrogens with two attached hydrogens (primary N) is 1. The molecule has 0 fully saturated rings. The van der Waals surface area contributed by atoms with E-state index in [9.17, 15) is 18.0 Å². The van der Waals surface area contributed by atoms with Crippen molar-refractivity contribution in [1.29, 1.82) is 0 Å². The fraction of sp³-hybridized carbons (Fsp3) is 0. The molecule has 2 aromatic rings. The van der Waals surface area contributed by atoms with E-state index >= 15 is 0 Å². The summed E-state index contributed by atoms with van der Waals surface area (Å²) in [6, 6.07) is 5.88. The Morgan fingerprint density at radius 1 is 0.889 bits per heavy atom. The standard InChI is InChI=1S/C13H8F3NO/c14-7-1-3-9(12(16)5-7)13(18)10-6-8(17)2-4-11(10)15/h1-6H,17H2. The van der Waals surface area contributed by atoms with E-state index < -0.39 is 28.8 Å². The first kappa shape index (κ1) is 12.2. The quantitative estimate of drug-likeness (QED) is 0.658. The summed E-state index contributed by atoms with van der Waals surface area (Å²) in [6.07, 6.45) is 0. The molecule has 0 heterocycles. The van der Waals surface area contributed by atoms with Crippen LogP contribution in [0.4, 0.5) is 18.9 Å². The Hall–Kier alpha value is -2.30. The summed E-state index contributed by atoms with van der Waals surface area (Å²) in [7, 11) is 0. The van der Waals surface area contributed by atoms with Crippen molar-refractivity contribution in [3.8, 4) is 0 Å². The number of hydrogen-bond acceptors (Lipinski definition) is 2. The van der Waals surface area contributed by atoms with Crippen molar-refractivity contribution in [3.05, 3.63) is 65.0 Å². The molecule has 0 atom stereocenters. The Morgan fingerprint density at radius 2 is 1.61 bits per heavy atom. The normalized spacial score (nSPS) is 10.4. The number of carbonyl (C=O) groups is 1. The Balaban J connectivity index is 2.51. The minimum absolute atomic E-state index is 0.183. The molecular formula is C13H8F3NO. The third-order valence-corrected chi connectivity index (χ3v) is 2.41. The Kier molecular flexibility index (Phi) is 3.06. The lowest BCUT2D eigenvalue weighted by atomic mass is 10.0. The molecule has 0 unspecified atom stereocenters. The molecule has 18 heavy (non-hydrogen) atoms. The Morgan fingerprint density at radius 3 is 2.28 bits per heavy atom. The van der Waals surface area contributed by atoms with Crippen LogP contribution in [0.3, 0.4) is 0 Å². The van der Waals surface area contributed by atoms with Gasteiger partial charge in [-0.15, -0.1) is 0 Å². The molecule has 2 nitrogen and oxygen atoms in total. The minimum Gasteiger partial charge on any atom is -0.399 e. The lowest BCUT2D eigenvalue weighted by molar-refractivity contribution is 0.103. The Bertz CT molecular complexity index is 626. The van der Waals surface area contributed by atoms with Crippen molar-refractivity contribution in [1.82, 2.24) is 0 Å². The van der Waals surface area contributed by atoms with Gasteiger partial charge in [0.15, 0.2) is 5.78 Å². The molecule has 0 spiro atoms.